The van der Waals surface area contributed by atoms with Crippen LogP contribution in [0.4, 0.5) is 0 Å². The van der Waals surface area contributed by atoms with Gasteiger partial charge in [0.1, 0.15) is 0 Å². The summed E-state index contributed by atoms with van der Waals surface area (Å²) in [6, 6.07) is 0.416. The lowest BCUT2D eigenvalue weighted by Gasteiger charge is -2.22. The first-order chi connectivity index (χ1) is 5.52. The molecule has 12 heavy (non-hydrogen) atoms. The van der Waals surface area contributed by atoms with E-state index in [0.717, 1.165) is 19.5 Å². The molecule has 2 heterocycles. The average molecular weight is 168 g/mol. The predicted octanol–water partition coefficient (Wildman–Crippen LogP) is 0.864. The van der Waals surface area contributed by atoms with Gasteiger partial charge < -0.3 is 0 Å². The fraction of sp³-hybridized carbons (Fsp3) is 0.889. The summed E-state index contributed by atoms with van der Waals surface area (Å²) in [5.74, 6) is 0.299. The summed E-state index contributed by atoms with van der Waals surface area (Å²) in [5.41, 5.74) is -0.158. The van der Waals surface area contributed by atoms with Crippen molar-refractivity contribution in [2.24, 2.45) is 5.41 Å². The minimum Gasteiger partial charge on any atom is -0.273 e. The first kappa shape index (κ1) is 8.05. The minimum absolute atomic E-state index is 0.158. The Morgan fingerprint density at radius 2 is 2.17 bits per heavy atom. The molecule has 2 saturated heterocycles. The quantitative estimate of drug-likeness (QED) is 0.535. The van der Waals surface area contributed by atoms with Crippen molar-refractivity contribution < 1.29 is 4.79 Å². The van der Waals surface area contributed by atoms with Gasteiger partial charge in [-0.2, -0.15) is 0 Å². The Balaban J connectivity index is 2.26. The molecule has 2 aliphatic rings. The lowest BCUT2D eigenvalue weighted by Crippen LogP contribution is -2.38. The zero-order chi connectivity index (χ0) is 8.93. The molecule has 0 aromatic heterocycles. The molecule has 0 aromatic rings. The second kappa shape index (κ2) is 2.22. The second-order valence-corrected chi connectivity index (χ2v) is 4.56. The smallest absolute Gasteiger partial charge is 0.244 e. The Morgan fingerprint density at radius 3 is 2.75 bits per heavy atom. The summed E-state index contributed by atoms with van der Waals surface area (Å²) in [5, 5.41) is 4.13. The molecule has 68 valence electrons. The van der Waals surface area contributed by atoms with Crippen molar-refractivity contribution in [3.05, 3.63) is 0 Å². The standard InChI is InChI=1S/C9H16N2O/c1-7-4-5-10-6-9(2,3)8(12)11(7)10/h7H,4-6H2,1-3H3/t7-/m0/s1. The van der Waals surface area contributed by atoms with Crippen LogP contribution >= 0.6 is 0 Å². The SMILES string of the molecule is C[C@H]1CCN2CC(C)(C)C(=O)N12. The first-order valence-electron chi connectivity index (χ1n) is 4.61. The maximum absolute atomic E-state index is 11.8. The van der Waals surface area contributed by atoms with Gasteiger partial charge in [0.25, 0.3) is 0 Å². The fourth-order valence-electron chi connectivity index (χ4n) is 2.16. The largest absolute Gasteiger partial charge is 0.273 e. The van der Waals surface area contributed by atoms with Gasteiger partial charge in [0.2, 0.25) is 5.91 Å². The summed E-state index contributed by atoms with van der Waals surface area (Å²) < 4.78 is 0. The van der Waals surface area contributed by atoms with E-state index in [-0.39, 0.29) is 5.41 Å². The molecule has 0 aliphatic carbocycles. The lowest BCUT2D eigenvalue weighted by atomic mass is 9.93. The van der Waals surface area contributed by atoms with Gasteiger partial charge in [0.15, 0.2) is 0 Å². The Kier molecular flexibility index (Phi) is 1.49. The van der Waals surface area contributed by atoms with E-state index in [0.29, 0.717) is 11.9 Å². The van der Waals surface area contributed by atoms with Crippen molar-refractivity contribution >= 4 is 5.91 Å². The van der Waals surface area contributed by atoms with E-state index in [4.69, 9.17) is 0 Å². The first-order valence-corrected chi connectivity index (χ1v) is 4.61. The van der Waals surface area contributed by atoms with E-state index in [1.54, 1.807) is 0 Å². The number of amides is 1. The van der Waals surface area contributed by atoms with Crippen LogP contribution in [-0.4, -0.2) is 35.1 Å². The molecule has 1 amide bonds. The van der Waals surface area contributed by atoms with E-state index in [1.165, 1.54) is 0 Å². The summed E-state index contributed by atoms with van der Waals surface area (Å²) in [7, 11) is 0. The number of fused-ring (bicyclic) bond motifs is 1. The number of carbonyl (C=O) groups is 1. The molecule has 0 spiro atoms. The molecule has 3 nitrogen and oxygen atoms in total. The molecule has 0 aromatic carbocycles. The van der Waals surface area contributed by atoms with Crippen LogP contribution in [0.1, 0.15) is 27.2 Å². The van der Waals surface area contributed by atoms with Crippen LogP contribution in [0.2, 0.25) is 0 Å². The number of carbonyl (C=O) groups excluding carboxylic acids is 1. The molecule has 0 unspecified atom stereocenters. The fourth-order valence-corrected chi connectivity index (χ4v) is 2.16. The highest BCUT2D eigenvalue weighted by Gasteiger charge is 2.48. The van der Waals surface area contributed by atoms with Crippen LogP contribution in [0.5, 0.6) is 0 Å². The minimum atomic E-state index is -0.158. The molecule has 2 aliphatic heterocycles. The molecule has 0 radical (unpaired) electrons. The number of hydrogen-bond donors (Lipinski definition) is 0. The normalized spacial score (nSPS) is 34.4. The molecule has 0 N–H and O–H groups in total. The van der Waals surface area contributed by atoms with Gasteiger partial charge in [-0.05, 0) is 27.2 Å². The van der Waals surface area contributed by atoms with E-state index >= 15 is 0 Å². The molecule has 2 rings (SSSR count). The van der Waals surface area contributed by atoms with Crippen LogP contribution in [0, 0.1) is 5.41 Å². The third kappa shape index (κ3) is 0.891. The third-order valence-corrected chi connectivity index (χ3v) is 2.89. The van der Waals surface area contributed by atoms with Gasteiger partial charge in [-0.15, -0.1) is 0 Å². The summed E-state index contributed by atoms with van der Waals surface area (Å²) in [6.45, 7) is 8.13. The van der Waals surface area contributed by atoms with Crippen LogP contribution in [-0.2, 0) is 4.79 Å². The summed E-state index contributed by atoms with van der Waals surface area (Å²) in [4.78, 5) is 11.8. The molecular weight excluding hydrogens is 152 g/mol. The van der Waals surface area contributed by atoms with E-state index in [9.17, 15) is 4.79 Å². The van der Waals surface area contributed by atoms with E-state index < -0.39 is 0 Å². The zero-order valence-corrected chi connectivity index (χ0v) is 8.00. The van der Waals surface area contributed by atoms with Crippen molar-refractivity contribution in [1.29, 1.82) is 0 Å². The Morgan fingerprint density at radius 1 is 1.50 bits per heavy atom. The van der Waals surface area contributed by atoms with Gasteiger partial charge in [-0.1, -0.05) is 0 Å². The summed E-state index contributed by atoms with van der Waals surface area (Å²) in [6.07, 6.45) is 1.13. The molecule has 3 heteroatoms. The number of hydrazine groups is 1. The molecular formula is C9H16N2O. The van der Waals surface area contributed by atoms with Crippen molar-refractivity contribution in [3.63, 3.8) is 0 Å². The van der Waals surface area contributed by atoms with Gasteiger partial charge in [0.05, 0.1) is 5.41 Å². The van der Waals surface area contributed by atoms with Crippen molar-refractivity contribution in [1.82, 2.24) is 10.0 Å². The number of rotatable bonds is 0. The second-order valence-electron chi connectivity index (χ2n) is 4.56. The van der Waals surface area contributed by atoms with Gasteiger partial charge >= 0.3 is 0 Å². The monoisotopic (exact) mass is 168 g/mol. The lowest BCUT2D eigenvalue weighted by molar-refractivity contribution is -0.141. The topological polar surface area (TPSA) is 23.6 Å². The number of nitrogens with zero attached hydrogens (tertiary/aromatic N) is 2. The highest BCUT2D eigenvalue weighted by atomic mass is 16.2. The van der Waals surface area contributed by atoms with Gasteiger partial charge in [-0.3, -0.25) is 9.80 Å². The van der Waals surface area contributed by atoms with E-state index in [1.807, 2.05) is 18.9 Å². The Bertz CT molecular complexity index is 225. The van der Waals surface area contributed by atoms with Crippen molar-refractivity contribution in [3.8, 4) is 0 Å². The Hall–Kier alpha value is -0.570. The van der Waals surface area contributed by atoms with Crippen LogP contribution in [0.15, 0.2) is 0 Å². The van der Waals surface area contributed by atoms with Crippen molar-refractivity contribution in [2.75, 3.05) is 13.1 Å². The number of hydrogen-bond acceptors (Lipinski definition) is 2. The van der Waals surface area contributed by atoms with Crippen LogP contribution in [0.3, 0.4) is 0 Å². The zero-order valence-electron chi connectivity index (χ0n) is 8.00. The molecule has 0 bridgehead atoms. The van der Waals surface area contributed by atoms with Crippen molar-refractivity contribution in [2.45, 2.75) is 33.2 Å². The van der Waals surface area contributed by atoms with Crippen LogP contribution in [0.25, 0.3) is 0 Å². The average Bonchev–Trinajstić information content (AvgIpc) is 2.38. The summed E-state index contributed by atoms with van der Waals surface area (Å²) >= 11 is 0. The Labute approximate surface area is 73.3 Å². The third-order valence-electron chi connectivity index (χ3n) is 2.89. The van der Waals surface area contributed by atoms with Gasteiger partial charge in [0, 0.05) is 19.1 Å². The maximum atomic E-state index is 11.8. The highest BCUT2D eigenvalue weighted by molar-refractivity contribution is 5.84. The van der Waals surface area contributed by atoms with Gasteiger partial charge in [-0.25, -0.2) is 5.01 Å². The maximum Gasteiger partial charge on any atom is 0.244 e. The molecule has 1 atom stereocenters. The molecule has 2 fully saturated rings. The van der Waals surface area contributed by atoms with Crippen LogP contribution < -0.4 is 0 Å². The van der Waals surface area contributed by atoms with E-state index in [2.05, 4.69) is 11.9 Å². The predicted molar refractivity (Wildman–Crippen MR) is 46.3 cm³/mol. The highest BCUT2D eigenvalue weighted by Crippen LogP contribution is 2.35. The molecule has 0 saturated carbocycles.